The Morgan fingerprint density at radius 2 is 2.10 bits per heavy atom. The highest BCUT2D eigenvalue weighted by molar-refractivity contribution is 6.34. The molecule has 156 valence electrons. The number of nitrogens with zero attached hydrogens (tertiary/aromatic N) is 4. The largest absolute Gasteiger partial charge is 0.378 e. The summed E-state index contributed by atoms with van der Waals surface area (Å²) in [7, 11) is 1.86. The van der Waals surface area contributed by atoms with Crippen LogP contribution in [0.5, 0.6) is 0 Å². The fourth-order valence-corrected chi connectivity index (χ4v) is 4.86. The zero-order valence-corrected chi connectivity index (χ0v) is 17.8. The van der Waals surface area contributed by atoms with Gasteiger partial charge in [0.05, 0.1) is 34.6 Å². The summed E-state index contributed by atoms with van der Waals surface area (Å²) in [6.45, 7) is 3.96. The molecule has 4 atom stereocenters. The fourth-order valence-electron chi connectivity index (χ4n) is 4.67. The van der Waals surface area contributed by atoms with Crippen molar-refractivity contribution in [2.45, 2.75) is 32.4 Å². The molecule has 30 heavy (non-hydrogen) atoms. The van der Waals surface area contributed by atoms with Crippen molar-refractivity contribution in [3.8, 4) is 11.4 Å². The number of aromatic nitrogens is 5. The number of rotatable bonds is 5. The van der Waals surface area contributed by atoms with E-state index < -0.39 is 0 Å². The van der Waals surface area contributed by atoms with Gasteiger partial charge in [-0.2, -0.15) is 5.10 Å². The van der Waals surface area contributed by atoms with E-state index >= 15 is 0 Å². The molecule has 2 bridgehead atoms. The molecule has 0 radical (unpaired) electrons. The molecule has 2 aliphatic carbocycles. The molecule has 3 aromatic heterocycles. The summed E-state index contributed by atoms with van der Waals surface area (Å²) in [4.78, 5) is 25.3. The van der Waals surface area contributed by atoms with Crippen LogP contribution in [0.4, 0.5) is 5.69 Å². The first-order valence-electron chi connectivity index (χ1n) is 10.2. The minimum atomic E-state index is -0.140. The third-order valence-corrected chi connectivity index (χ3v) is 6.24. The number of carbonyl (C=O) groups is 1. The van der Waals surface area contributed by atoms with Gasteiger partial charge in [0.2, 0.25) is 5.91 Å². The molecule has 3 heterocycles. The van der Waals surface area contributed by atoms with E-state index in [-0.39, 0.29) is 35.7 Å². The Hall–Kier alpha value is -2.87. The second-order valence-electron chi connectivity index (χ2n) is 8.47. The quantitative estimate of drug-likeness (QED) is 0.545. The molecule has 0 spiro atoms. The van der Waals surface area contributed by atoms with Gasteiger partial charge in [0.25, 0.3) is 0 Å². The van der Waals surface area contributed by atoms with Crippen LogP contribution in [0.3, 0.4) is 0 Å². The van der Waals surface area contributed by atoms with E-state index in [1.54, 1.807) is 17.1 Å². The Kier molecular flexibility index (Phi) is 4.54. The SMILES string of the molecule is CC(C)NC(=O)[C@@H]1[C@H](Nc2c(Cl)cnc3[nH]c(-c4cnn(C)c4)nc23)[C@H]2C=C[C@@H]1C2. The van der Waals surface area contributed by atoms with Crippen LogP contribution in [0.25, 0.3) is 22.6 Å². The monoisotopic (exact) mass is 425 g/mol. The summed E-state index contributed by atoms with van der Waals surface area (Å²) in [5, 5.41) is 11.3. The summed E-state index contributed by atoms with van der Waals surface area (Å²) in [5.41, 5.74) is 2.88. The molecule has 1 amide bonds. The van der Waals surface area contributed by atoms with Crippen LogP contribution >= 0.6 is 11.6 Å². The number of allylic oxidation sites excluding steroid dienone is 1. The summed E-state index contributed by atoms with van der Waals surface area (Å²) in [6.07, 6.45) is 10.6. The Labute approximate surface area is 179 Å². The lowest BCUT2D eigenvalue weighted by atomic mass is 9.87. The molecule has 1 fully saturated rings. The second-order valence-corrected chi connectivity index (χ2v) is 8.88. The van der Waals surface area contributed by atoms with Crippen LogP contribution < -0.4 is 10.6 Å². The molecule has 1 saturated carbocycles. The van der Waals surface area contributed by atoms with Gasteiger partial charge < -0.3 is 15.6 Å². The lowest BCUT2D eigenvalue weighted by Gasteiger charge is -2.29. The molecular weight excluding hydrogens is 402 g/mol. The maximum atomic E-state index is 12.9. The average molecular weight is 426 g/mol. The van der Waals surface area contributed by atoms with Crippen molar-refractivity contribution < 1.29 is 4.79 Å². The lowest BCUT2D eigenvalue weighted by Crippen LogP contribution is -2.45. The number of hydrogen-bond acceptors (Lipinski definition) is 5. The van der Waals surface area contributed by atoms with Gasteiger partial charge in [0.15, 0.2) is 5.65 Å². The third-order valence-electron chi connectivity index (χ3n) is 5.95. The number of hydrogen-bond donors (Lipinski definition) is 3. The molecule has 3 N–H and O–H groups in total. The van der Waals surface area contributed by atoms with Crippen LogP contribution in [0.1, 0.15) is 20.3 Å². The van der Waals surface area contributed by atoms with E-state index in [0.717, 1.165) is 12.0 Å². The minimum absolute atomic E-state index is 0.0413. The van der Waals surface area contributed by atoms with Gasteiger partial charge in [-0.15, -0.1) is 0 Å². The summed E-state index contributed by atoms with van der Waals surface area (Å²) < 4.78 is 1.72. The number of carbonyl (C=O) groups excluding carboxylic acids is 1. The number of imidazole rings is 1. The number of aryl methyl sites for hydroxylation is 1. The summed E-state index contributed by atoms with van der Waals surface area (Å²) in [6, 6.07) is 0.0613. The van der Waals surface area contributed by atoms with Crippen molar-refractivity contribution in [2.24, 2.45) is 24.8 Å². The van der Waals surface area contributed by atoms with E-state index in [4.69, 9.17) is 16.6 Å². The van der Waals surface area contributed by atoms with Crippen LogP contribution in [-0.2, 0) is 11.8 Å². The van der Waals surface area contributed by atoms with E-state index in [2.05, 4.69) is 37.9 Å². The maximum absolute atomic E-state index is 12.9. The molecular formula is C21H24ClN7O. The second kappa shape index (κ2) is 7.12. The van der Waals surface area contributed by atoms with Gasteiger partial charge in [-0.3, -0.25) is 9.48 Å². The number of halogens is 1. The number of nitrogens with one attached hydrogen (secondary N) is 3. The Morgan fingerprint density at radius 3 is 2.83 bits per heavy atom. The maximum Gasteiger partial charge on any atom is 0.225 e. The standard InChI is InChI=1S/C21H24ClN7O/c1-10(2)25-21(30)15-11-4-5-12(6-11)16(15)26-17-14(22)8-23-20-18(17)27-19(28-20)13-7-24-29(3)9-13/h4-5,7-12,15-16H,6H2,1-3H3,(H,25,30)(H2,23,26,27,28)/t11-,12+,15+,16-/m1/s1. The molecule has 5 rings (SSSR count). The number of amides is 1. The highest BCUT2D eigenvalue weighted by Gasteiger charge is 2.48. The summed E-state index contributed by atoms with van der Waals surface area (Å²) >= 11 is 6.54. The van der Waals surface area contributed by atoms with E-state index in [0.29, 0.717) is 27.7 Å². The Balaban J connectivity index is 1.51. The fraction of sp³-hybridized carbons (Fsp3) is 0.429. The first-order valence-corrected chi connectivity index (χ1v) is 10.6. The molecule has 0 saturated heterocycles. The average Bonchev–Trinajstić information content (AvgIpc) is 3.45. The first kappa shape index (κ1) is 19.1. The number of pyridine rings is 1. The molecule has 0 aromatic carbocycles. The Bertz CT molecular complexity index is 1150. The number of H-pyrrole nitrogens is 1. The van der Waals surface area contributed by atoms with Gasteiger partial charge >= 0.3 is 0 Å². The van der Waals surface area contributed by atoms with Crippen LogP contribution in [0, 0.1) is 17.8 Å². The topological polar surface area (TPSA) is 101 Å². The molecule has 0 aliphatic heterocycles. The molecule has 3 aromatic rings. The highest BCUT2D eigenvalue weighted by Crippen LogP contribution is 2.46. The van der Waals surface area contributed by atoms with Gasteiger partial charge in [-0.05, 0) is 32.1 Å². The smallest absolute Gasteiger partial charge is 0.225 e. The predicted octanol–water partition coefficient (Wildman–Crippen LogP) is 3.14. The van der Waals surface area contributed by atoms with E-state index in [1.807, 2.05) is 27.1 Å². The summed E-state index contributed by atoms with van der Waals surface area (Å²) in [5.74, 6) is 1.15. The molecule has 0 unspecified atom stereocenters. The Morgan fingerprint density at radius 1 is 1.30 bits per heavy atom. The molecule has 9 heteroatoms. The van der Waals surface area contributed by atoms with Gasteiger partial charge in [0.1, 0.15) is 11.3 Å². The van der Waals surface area contributed by atoms with Crippen molar-refractivity contribution in [1.82, 2.24) is 30.0 Å². The van der Waals surface area contributed by atoms with Crippen molar-refractivity contribution in [1.29, 1.82) is 0 Å². The first-order chi connectivity index (χ1) is 14.4. The van der Waals surface area contributed by atoms with E-state index in [1.165, 1.54) is 0 Å². The third kappa shape index (κ3) is 3.15. The molecule has 2 aliphatic rings. The predicted molar refractivity (Wildman–Crippen MR) is 116 cm³/mol. The lowest BCUT2D eigenvalue weighted by molar-refractivity contribution is -0.126. The van der Waals surface area contributed by atoms with Crippen molar-refractivity contribution in [3.63, 3.8) is 0 Å². The van der Waals surface area contributed by atoms with Crippen LogP contribution in [0.15, 0.2) is 30.7 Å². The zero-order chi connectivity index (χ0) is 21.0. The van der Waals surface area contributed by atoms with Crippen LogP contribution in [-0.4, -0.2) is 42.7 Å². The highest BCUT2D eigenvalue weighted by atomic mass is 35.5. The van der Waals surface area contributed by atoms with Crippen LogP contribution in [0.2, 0.25) is 5.02 Å². The van der Waals surface area contributed by atoms with Crippen molar-refractivity contribution in [3.05, 3.63) is 35.8 Å². The zero-order valence-electron chi connectivity index (χ0n) is 17.1. The number of aromatic amines is 1. The van der Waals surface area contributed by atoms with Gasteiger partial charge in [-0.25, -0.2) is 9.97 Å². The van der Waals surface area contributed by atoms with Crippen molar-refractivity contribution in [2.75, 3.05) is 5.32 Å². The molecule has 8 nitrogen and oxygen atoms in total. The van der Waals surface area contributed by atoms with Gasteiger partial charge in [0, 0.05) is 25.3 Å². The van der Waals surface area contributed by atoms with Crippen molar-refractivity contribution >= 4 is 34.4 Å². The minimum Gasteiger partial charge on any atom is -0.378 e. The number of fused-ring (bicyclic) bond motifs is 3. The van der Waals surface area contributed by atoms with E-state index in [9.17, 15) is 4.79 Å². The van der Waals surface area contributed by atoms with Gasteiger partial charge in [-0.1, -0.05) is 23.8 Å². The normalized spacial score (nSPS) is 24.8. The number of anilines is 1.